The van der Waals surface area contributed by atoms with Gasteiger partial charge >= 0.3 is 0 Å². The Morgan fingerprint density at radius 1 is 1.00 bits per heavy atom. The Morgan fingerprint density at radius 2 is 1.62 bits per heavy atom. The third kappa shape index (κ3) is 7.00. The molecule has 8 heteroatoms. The number of amides is 1. The van der Waals surface area contributed by atoms with Crippen molar-refractivity contribution in [1.82, 2.24) is 5.32 Å². The highest BCUT2D eigenvalue weighted by Crippen LogP contribution is 2.22. The lowest BCUT2D eigenvalue weighted by atomic mass is 9.99. The third-order valence-electron chi connectivity index (χ3n) is 4.21. The minimum atomic E-state index is -1.40. The van der Waals surface area contributed by atoms with Gasteiger partial charge in [0.05, 0.1) is 6.61 Å². The predicted molar refractivity (Wildman–Crippen MR) is 86.1 cm³/mol. The molecule has 24 heavy (non-hydrogen) atoms. The van der Waals surface area contributed by atoms with Crippen LogP contribution >= 0.6 is 0 Å². The maximum absolute atomic E-state index is 11.0. The molecule has 1 aliphatic rings. The zero-order valence-electron chi connectivity index (χ0n) is 14.3. The maximum atomic E-state index is 11.0. The molecule has 1 saturated heterocycles. The second-order valence-electron chi connectivity index (χ2n) is 6.11. The number of carbonyl (C=O) groups excluding carboxylic acids is 1. The molecule has 5 atom stereocenters. The predicted octanol–water partition coefficient (Wildman–Crippen LogP) is -0.720. The molecule has 8 nitrogen and oxygen atoms in total. The van der Waals surface area contributed by atoms with Crippen molar-refractivity contribution in [3.05, 3.63) is 0 Å². The van der Waals surface area contributed by atoms with Gasteiger partial charge in [-0.1, -0.05) is 25.7 Å². The molecule has 1 fully saturated rings. The molecule has 5 unspecified atom stereocenters. The number of aliphatic hydroxyl groups excluding tert-OH is 4. The zero-order chi connectivity index (χ0) is 17.9. The Hall–Kier alpha value is -0.770. The van der Waals surface area contributed by atoms with Crippen molar-refractivity contribution in [2.24, 2.45) is 0 Å². The van der Waals surface area contributed by atoms with Crippen molar-refractivity contribution in [1.29, 1.82) is 0 Å². The maximum Gasteiger partial charge on any atom is 0.219 e. The minimum Gasteiger partial charge on any atom is -0.394 e. The molecule has 5 N–H and O–H groups in total. The second kappa shape index (κ2) is 11.7. The summed E-state index contributed by atoms with van der Waals surface area (Å²) in [5.41, 5.74) is 0. The van der Waals surface area contributed by atoms with E-state index in [1.165, 1.54) is 0 Å². The van der Waals surface area contributed by atoms with Gasteiger partial charge in [-0.05, 0) is 12.8 Å². The summed E-state index contributed by atoms with van der Waals surface area (Å²) in [5, 5.41) is 40.8. The summed E-state index contributed by atoms with van der Waals surface area (Å²) >= 11 is 0. The molecule has 0 radical (unpaired) electrons. The Labute approximate surface area is 142 Å². The lowest BCUT2D eigenvalue weighted by molar-refractivity contribution is -0.301. The quantitative estimate of drug-likeness (QED) is 0.311. The van der Waals surface area contributed by atoms with Crippen molar-refractivity contribution in [3.8, 4) is 0 Å². The number of aliphatic hydroxyl groups is 4. The fraction of sp³-hybridized carbons (Fsp3) is 0.938. The van der Waals surface area contributed by atoms with Crippen molar-refractivity contribution >= 4 is 5.91 Å². The molecule has 142 valence electrons. The van der Waals surface area contributed by atoms with E-state index in [9.17, 15) is 20.1 Å². The Kier molecular flexibility index (Phi) is 10.4. The normalized spacial score (nSPS) is 30.3. The Morgan fingerprint density at radius 3 is 2.25 bits per heavy atom. The molecule has 0 bridgehead atoms. The number of ether oxygens (including phenoxy) is 2. The first kappa shape index (κ1) is 21.3. The van der Waals surface area contributed by atoms with Crippen LogP contribution in [0.1, 0.15) is 44.9 Å². The molecule has 0 aromatic carbocycles. The van der Waals surface area contributed by atoms with Gasteiger partial charge in [-0.25, -0.2) is 0 Å². The van der Waals surface area contributed by atoms with Crippen molar-refractivity contribution in [2.45, 2.75) is 75.7 Å². The third-order valence-corrected chi connectivity index (χ3v) is 4.21. The van der Waals surface area contributed by atoms with Crippen molar-refractivity contribution in [3.63, 3.8) is 0 Å². The lowest BCUT2D eigenvalue weighted by Crippen LogP contribution is -2.59. The molecule has 1 amide bonds. The number of hydrogen-bond acceptors (Lipinski definition) is 7. The zero-order valence-corrected chi connectivity index (χ0v) is 14.3. The van der Waals surface area contributed by atoms with Gasteiger partial charge in [-0.15, -0.1) is 0 Å². The second-order valence-corrected chi connectivity index (χ2v) is 6.11. The summed E-state index contributed by atoms with van der Waals surface area (Å²) in [6.07, 6.45) is 0.207. The van der Waals surface area contributed by atoms with Crippen LogP contribution in [-0.2, 0) is 14.3 Å². The van der Waals surface area contributed by atoms with E-state index >= 15 is 0 Å². The van der Waals surface area contributed by atoms with Gasteiger partial charge in [-0.2, -0.15) is 0 Å². The molecule has 0 saturated carbocycles. The van der Waals surface area contributed by atoms with Gasteiger partial charge in [-0.3, -0.25) is 4.79 Å². The summed E-state index contributed by atoms with van der Waals surface area (Å²) in [4.78, 5) is 11.0. The molecule has 0 spiro atoms. The Balaban J connectivity index is 2.07. The van der Waals surface area contributed by atoms with Gasteiger partial charge in [0.15, 0.2) is 6.29 Å². The smallest absolute Gasteiger partial charge is 0.219 e. The SMILES string of the molecule is CNC(=O)CCCCCCCCOC1OC(CO)C(O)C(O)C1O. The van der Waals surface area contributed by atoms with Crippen LogP contribution in [0.15, 0.2) is 0 Å². The van der Waals surface area contributed by atoms with Crippen molar-refractivity contribution in [2.75, 3.05) is 20.3 Å². The fourth-order valence-electron chi connectivity index (χ4n) is 2.62. The first-order chi connectivity index (χ1) is 11.5. The first-order valence-electron chi connectivity index (χ1n) is 8.64. The summed E-state index contributed by atoms with van der Waals surface area (Å²) in [6.45, 7) is -0.0954. The van der Waals surface area contributed by atoms with E-state index in [2.05, 4.69) is 5.32 Å². The Bertz CT molecular complexity index is 353. The summed E-state index contributed by atoms with van der Waals surface area (Å²) in [7, 11) is 1.64. The summed E-state index contributed by atoms with van der Waals surface area (Å²) in [6, 6.07) is 0. The van der Waals surface area contributed by atoms with Crippen LogP contribution < -0.4 is 5.32 Å². The number of rotatable bonds is 11. The van der Waals surface area contributed by atoms with Gasteiger partial charge < -0.3 is 35.2 Å². The van der Waals surface area contributed by atoms with E-state index < -0.39 is 37.3 Å². The van der Waals surface area contributed by atoms with Gasteiger partial charge in [0.25, 0.3) is 0 Å². The highest BCUT2D eigenvalue weighted by atomic mass is 16.7. The topological polar surface area (TPSA) is 128 Å². The van der Waals surface area contributed by atoms with E-state index in [-0.39, 0.29) is 5.91 Å². The summed E-state index contributed by atoms with van der Waals surface area (Å²) in [5.74, 6) is 0.0722. The average Bonchev–Trinajstić information content (AvgIpc) is 2.59. The van der Waals surface area contributed by atoms with E-state index in [1.54, 1.807) is 7.05 Å². The molecular formula is C16H31NO7. The summed E-state index contributed by atoms with van der Waals surface area (Å²) < 4.78 is 10.7. The van der Waals surface area contributed by atoms with Crippen LogP contribution in [0.3, 0.4) is 0 Å². The molecule has 1 rings (SSSR count). The largest absolute Gasteiger partial charge is 0.394 e. The van der Waals surface area contributed by atoms with E-state index in [0.717, 1.165) is 38.5 Å². The highest BCUT2D eigenvalue weighted by Gasteiger charge is 2.43. The van der Waals surface area contributed by atoms with E-state index in [1.807, 2.05) is 0 Å². The molecular weight excluding hydrogens is 318 g/mol. The van der Waals surface area contributed by atoms with E-state index in [0.29, 0.717) is 13.0 Å². The van der Waals surface area contributed by atoms with Gasteiger partial charge in [0.2, 0.25) is 5.91 Å². The van der Waals surface area contributed by atoms with Crippen LogP contribution in [0, 0.1) is 0 Å². The molecule has 0 aromatic heterocycles. The van der Waals surface area contributed by atoms with Gasteiger partial charge in [0.1, 0.15) is 24.4 Å². The van der Waals surface area contributed by atoms with Crippen LogP contribution in [-0.4, -0.2) is 77.3 Å². The standard InChI is InChI=1S/C16H31NO7/c1-17-12(19)8-6-4-2-3-5-7-9-23-16-15(22)14(21)13(20)11(10-18)24-16/h11,13-16,18,20-22H,2-10H2,1H3,(H,17,19). The van der Waals surface area contributed by atoms with Crippen LogP contribution in [0.4, 0.5) is 0 Å². The number of nitrogens with one attached hydrogen (secondary N) is 1. The molecule has 1 heterocycles. The van der Waals surface area contributed by atoms with Crippen LogP contribution in [0.2, 0.25) is 0 Å². The van der Waals surface area contributed by atoms with E-state index in [4.69, 9.17) is 14.6 Å². The molecule has 0 aliphatic carbocycles. The fourth-order valence-corrected chi connectivity index (χ4v) is 2.62. The van der Waals surface area contributed by atoms with Crippen molar-refractivity contribution < 1.29 is 34.7 Å². The van der Waals surface area contributed by atoms with Gasteiger partial charge in [0, 0.05) is 20.1 Å². The number of unbranched alkanes of at least 4 members (excludes halogenated alkanes) is 5. The molecule has 1 aliphatic heterocycles. The number of hydrogen-bond donors (Lipinski definition) is 5. The average molecular weight is 349 g/mol. The highest BCUT2D eigenvalue weighted by molar-refractivity contribution is 5.75. The van der Waals surface area contributed by atoms with Crippen LogP contribution in [0.25, 0.3) is 0 Å². The lowest BCUT2D eigenvalue weighted by Gasteiger charge is -2.39. The monoisotopic (exact) mass is 349 g/mol. The minimum absolute atomic E-state index is 0.0722. The van der Waals surface area contributed by atoms with Crippen LogP contribution in [0.5, 0.6) is 0 Å². The number of carbonyl (C=O) groups is 1. The molecule has 0 aromatic rings. The first-order valence-corrected chi connectivity index (χ1v) is 8.64.